The van der Waals surface area contributed by atoms with Gasteiger partial charge in [-0.15, -0.1) is 0 Å². The molecule has 0 unspecified atom stereocenters. The van der Waals surface area contributed by atoms with Crippen LogP contribution in [0.4, 0.5) is 11.4 Å². The van der Waals surface area contributed by atoms with Crippen LogP contribution in [0.1, 0.15) is 21.5 Å². The van der Waals surface area contributed by atoms with Gasteiger partial charge in [-0.25, -0.2) is 0 Å². The predicted octanol–water partition coefficient (Wildman–Crippen LogP) is 3.92. The molecule has 0 fully saturated rings. The molecule has 2 aromatic carbocycles. The summed E-state index contributed by atoms with van der Waals surface area (Å²) in [5.41, 5.74) is 3.64. The fourth-order valence-corrected chi connectivity index (χ4v) is 2.43. The van der Waals surface area contributed by atoms with Crippen LogP contribution in [-0.4, -0.2) is 13.0 Å². The zero-order valence-electron chi connectivity index (χ0n) is 11.7. The molecule has 0 aliphatic heterocycles. The van der Waals surface area contributed by atoms with Crippen molar-refractivity contribution < 1.29 is 4.79 Å². The topological polar surface area (TPSA) is 64.9 Å². The van der Waals surface area contributed by atoms with Crippen molar-refractivity contribution in [1.82, 2.24) is 0 Å². The summed E-state index contributed by atoms with van der Waals surface area (Å²) in [6.45, 7) is 1.89. The van der Waals surface area contributed by atoms with Crippen molar-refractivity contribution in [3.8, 4) is 6.07 Å². The quantitative estimate of drug-likeness (QED) is 0.887. The highest BCUT2D eigenvalue weighted by Crippen LogP contribution is 2.24. The lowest BCUT2D eigenvalue weighted by atomic mass is 10.1. The summed E-state index contributed by atoms with van der Waals surface area (Å²) in [7, 11) is 1.84. The second-order valence-corrected chi connectivity index (χ2v) is 5.39. The lowest BCUT2D eigenvalue weighted by Crippen LogP contribution is -2.14. The van der Waals surface area contributed by atoms with Gasteiger partial charge in [0.1, 0.15) is 0 Å². The van der Waals surface area contributed by atoms with Gasteiger partial charge in [-0.05, 0) is 64.8 Å². The predicted molar refractivity (Wildman–Crippen MR) is 87.5 cm³/mol. The summed E-state index contributed by atoms with van der Waals surface area (Å²) in [6.07, 6.45) is 0. The van der Waals surface area contributed by atoms with Gasteiger partial charge in [0.15, 0.2) is 0 Å². The summed E-state index contributed by atoms with van der Waals surface area (Å²) in [5.74, 6) is -0.180. The van der Waals surface area contributed by atoms with Crippen LogP contribution in [0.15, 0.2) is 40.9 Å². The minimum Gasteiger partial charge on any atom is -0.388 e. The maximum absolute atomic E-state index is 12.3. The van der Waals surface area contributed by atoms with Crippen molar-refractivity contribution in [2.75, 3.05) is 17.7 Å². The highest BCUT2D eigenvalue weighted by Gasteiger charge is 2.11. The van der Waals surface area contributed by atoms with Crippen molar-refractivity contribution >= 4 is 33.2 Å². The number of nitrogens with zero attached hydrogens (tertiary/aromatic N) is 1. The monoisotopic (exact) mass is 343 g/mol. The van der Waals surface area contributed by atoms with E-state index < -0.39 is 0 Å². The third-order valence-corrected chi connectivity index (χ3v) is 3.76. The molecule has 0 aliphatic rings. The van der Waals surface area contributed by atoms with E-state index in [4.69, 9.17) is 5.26 Å². The van der Waals surface area contributed by atoms with Crippen molar-refractivity contribution in [2.45, 2.75) is 6.92 Å². The maximum Gasteiger partial charge on any atom is 0.255 e. The van der Waals surface area contributed by atoms with Crippen molar-refractivity contribution in [3.63, 3.8) is 0 Å². The molecule has 0 radical (unpaired) electrons. The fraction of sp³-hybridized carbons (Fsp3) is 0.125. The number of carbonyl (C=O) groups excluding carboxylic acids is 1. The van der Waals surface area contributed by atoms with E-state index in [0.29, 0.717) is 21.3 Å². The number of hydrogen-bond donors (Lipinski definition) is 2. The molecule has 2 rings (SSSR count). The maximum atomic E-state index is 12.3. The van der Waals surface area contributed by atoms with Crippen LogP contribution in [0.5, 0.6) is 0 Å². The lowest BCUT2D eigenvalue weighted by Gasteiger charge is -2.11. The zero-order valence-corrected chi connectivity index (χ0v) is 13.3. The van der Waals surface area contributed by atoms with E-state index in [2.05, 4.69) is 32.6 Å². The molecule has 21 heavy (non-hydrogen) atoms. The van der Waals surface area contributed by atoms with Gasteiger partial charge >= 0.3 is 0 Å². The molecule has 0 atom stereocenters. The van der Waals surface area contributed by atoms with Gasteiger partial charge in [0.25, 0.3) is 5.91 Å². The Labute approximate surface area is 131 Å². The first-order chi connectivity index (χ1) is 10.0. The summed E-state index contributed by atoms with van der Waals surface area (Å²) in [6, 6.07) is 12.7. The molecule has 0 bridgehead atoms. The van der Waals surface area contributed by atoms with Crippen molar-refractivity contribution in [3.05, 3.63) is 57.6 Å². The van der Waals surface area contributed by atoms with Gasteiger partial charge in [-0.3, -0.25) is 4.79 Å². The highest BCUT2D eigenvalue weighted by molar-refractivity contribution is 9.10. The Morgan fingerprint density at radius 2 is 2.00 bits per heavy atom. The summed E-state index contributed by atoms with van der Waals surface area (Å²) in [5, 5.41) is 14.7. The summed E-state index contributed by atoms with van der Waals surface area (Å²) >= 11 is 3.35. The molecule has 0 aromatic heterocycles. The standard InChI is InChI=1S/C16H14BrN3O/c1-10-7-12(19-2)4-5-13(10)16(21)20-15-6-3-11(9-18)8-14(15)17/h3-8,19H,1-2H3,(H,20,21). The Kier molecular flexibility index (Phi) is 4.61. The summed E-state index contributed by atoms with van der Waals surface area (Å²) < 4.78 is 0.680. The number of carbonyl (C=O) groups is 1. The Balaban J connectivity index is 2.24. The Bertz CT molecular complexity index is 735. The van der Waals surface area contributed by atoms with Crippen LogP contribution in [0.3, 0.4) is 0 Å². The first kappa shape index (κ1) is 15.1. The molecule has 1 amide bonds. The SMILES string of the molecule is CNc1ccc(C(=O)Nc2ccc(C#N)cc2Br)c(C)c1. The molecule has 5 heteroatoms. The van der Waals surface area contributed by atoms with Crippen LogP contribution in [0.25, 0.3) is 0 Å². The van der Waals surface area contributed by atoms with Gasteiger partial charge in [0.05, 0.1) is 17.3 Å². The van der Waals surface area contributed by atoms with Gasteiger partial charge in [-0.2, -0.15) is 5.26 Å². The number of amides is 1. The van der Waals surface area contributed by atoms with E-state index in [1.54, 1.807) is 24.3 Å². The smallest absolute Gasteiger partial charge is 0.255 e. The van der Waals surface area contributed by atoms with Gasteiger partial charge in [0, 0.05) is 22.8 Å². The molecular weight excluding hydrogens is 330 g/mol. The molecule has 0 saturated carbocycles. The van der Waals surface area contributed by atoms with E-state index in [9.17, 15) is 4.79 Å². The number of anilines is 2. The molecule has 106 valence electrons. The fourth-order valence-electron chi connectivity index (χ4n) is 1.95. The van der Waals surface area contributed by atoms with Crippen LogP contribution < -0.4 is 10.6 Å². The van der Waals surface area contributed by atoms with E-state index in [-0.39, 0.29) is 5.91 Å². The molecule has 2 aromatic rings. The third kappa shape index (κ3) is 3.41. The van der Waals surface area contributed by atoms with Crippen molar-refractivity contribution in [1.29, 1.82) is 5.26 Å². The van der Waals surface area contributed by atoms with E-state index in [0.717, 1.165) is 11.3 Å². The molecule has 4 nitrogen and oxygen atoms in total. The average Bonchev–Trinajstić information content (AvgIpc) is 2.48. The van der Waals surface area contributed by atoms with E-state index >= 15 is 0 Å². The minimum absolute atomic E-state index is 0.180. The van der Waals surface area contributed by atoms with Gasteiger partial charge in [0.2, 0.25) is 0 Å². The highest BCUT2D eigenvalue weighted by atomic mass is 79.9. The average molecular weight is 344 g/mol. The van der Waals surface area contributed by atoms with Crippen LogP contribution in [0, 0.1) is 18.3 Å². The molecule has 0 spiro atoms. The number of aryl methyl sites for hydroxylation is 1. The Hall–Kier alpha value is -2.32. The second-order valence-electron chi connectivity index (χ2n) is 4.54. The zero-order chi connectivity index (χ0) is 15.4. The molecule has 0 heterocycles. The number of benzene rings is 2. The molecule has 2 N–H and O–H groups in total. The lowest BCUT2D eigenvalue weighted by molar-refractivity contribution is 0.102. The van der Waals surface area contributed by atoms with E-state index in [1.807, 2.05) is 26.1 Å². The summed E-state index contributed by atoms with van der Waals surface area (Å²) in [4.78, 5) is 12.3. The number of nitrogens with one attached hydrogen (secondary N) is 2. The number of nitriles is 1. The van der Waals surface area contributed by atoms with Crippen LogP contribution >= 0.6 is 15.9 Å². The van der Waals surface area contributed by atoms with E-state index in [1.165, 1.54) is 0 Å². The number of rotatable bonds is 3. The van der Waals surface area contributed by atoms with Gasteiger partial charge in [-0.1, -0.05) is 0 Å². The number of halogens is 1. The molecule has 0 aliphatic carbocycles. The van der Waals surface area contributed by atoms with Gasteiger partial charge < -0.3 is 10.6 Å². The number of hydrogen-bond acceptors (Lipinski definition) is 3. The largest absolute Gasteiger partial charge is 0.388 e. The molecular formula is C16H14BrN3O. The third-order valence-electron chi connectivity index (χ3n) is 3.11. The Morgan fingerprint density at radius 1 is 1.24 bits per heavy atom. The van der Waals surface area contributed by atoms with Crippen LogP contribution in [-0.2, 0) is 0 Å². The minimum atomic E-state index is -0.180. The first-order valence-corrected chi connectivity index (χ1v) is 7.14. The molecule has 0 saturated heterocycles. The second kappa shape index (κ2) is 6.42. The van der Waals surface area contributed by atoms with Crippen molar-refractivity contribution in [2.24, 2.45) is 0 Å². The Morgan fingerprint density at radius 3 is 2.57 bits per heavy atom. The van der Waals surface area contributed by atoms with Crippen LogP contribution in [0.2, 0.25) is 0 Å². The normalized spacial score (nSPS) is 9.81. The first-order valence-electron chi connectivity index (χ1n) is 6.34.